The molecule has 3 N–H and O–H groups in total. The first kappa shape index (κ1) is 18.0. The average molecular weight is 347 g/mol. The van der Waals surface area contributed by atoms with Crippen LogP contribution in [0.5, 0.6) is 11.5 Å². The molecule has 0 aliphatic carbocycles. The molecular formula is C17H21N3O3S. The molecule has 0 aliphatic rings. The van der Waals surface area contributed by atoms with E-state index >= 15 is 0 Å². The molecule has 1 amide bonds. The van der Waals surface area contributed by atoms with Gasteiger partial charge in [-0.15, -0.1) is 17.9 Å². The highest BCUT2D eigenvalue weighted by molar-refractivity contribution is 7.09. The van der Waals surface area contributed by atoms with Gasteiger partial charge in [0.25, 0.3) is 5.91 Å². The number of allylic oxidation sites excluding steroid dienone is 1. The Morgan fingerprint density at radius 3 is 2.79 bits per heavy atom. The molecule has 0 aliphatic heterocycles. The van der Waals surface area contributed by atoms with Crippen LogP contribution in [0.25, 0.3) is 0 Å². The first-order chi connectivity index (χ1) is 11.6. The first-order valence-electron chi connectivity index (χ1n) is 7.40. The molecule has 128 valence electrons. The monoisotopic (exact) mass is 347 g/mol. The maximum Gasteiger partial charge on any atom is 0.271 e. The Morgan fingerprint density at radius 1 is 1.42 bits per heavy atom. The van der Waals surface area contributed by atoms with Crippen molar-refractivity contribution in [1.29, 1.82) is 0 Å². The minimum Gasteiger partial charge on any atom is -0.493 e. The fourth-order valence-corrected chi connectivity index (χ4v) is 2.95. The number of carbonyl (C=O) groups excluding carboxylic acids is 1. The summed E-state index contributed by atoms with van der Waals surface area (Å²) in [5.41, 5.74) is 7.76. The number of nitrogens with zero attached hydrogens (tertiary/aromatic N) is 1. The van der Waals surface area contributed by atoms with Crippen molar-refractivity contribution in [3.8, 4) is 11.5 Å². The quantitative estimate of drug-likeness (QED) is 0.716. The van der Waals surface area contributed by atoms with Gasteiger partial charge < -0.3 is 20.5 Å². The third kappa shape index (κ3) is 4.12. The SMILES string of the molecule is C=CCc1cc(CNC(=O)c2csc(CN)n2)cc(OC)c1OC. The van der Waals surface area contributed by atoms with Crippen molar-refractivity contribution in [1.82, 2.24) is 10.3 Å². The summed E-state index contributed by atoms with van der Waals surface area (Å²) in [6.07, 6.45) is 2.44. The van der Waals surface area contributed by atoms with Crippen molar-refractivity contribution in [2.24, 2.45) is 5.73 Å². The summed E-state index contributed by atoms with van der Waals surface area (Å²) in [6.45, 7) is 4.45. The maximum absolute atomic E-state index is 12.2. The van der Waals surface area contributed by atoms with E-state index in [1.54, 1.807) is 25.7 Å². The van der Waals surface area contributed by atoms with Crippen LogP contribution < -0.4 is 20.5 Å². The van der Waals surface area contributed by atoms with Crippen LogP contribution in [0.1, 0.15) is 26.6 Å². The van der Waals surface area contributed by atoms with Gasteiger partial charge in [0.05, 0.1) is 14.2 Å². The second kappa shape index (κ2) is 8.47. The lowest BCUT2D eigenvalue weighted by molar-refractivity contribution is 0.0946. The summed E-state index contributed by atoms with van der Waals surface area (Å²) in [4.78, 5) is 16.3. The van der Waals surface area contributed by atoms with Crippen LogP contribution >= 0.6 is 11.3 Å². The lowest BCUT2D eigenvalue weighted by atomic mass is 10.1. The van der Waals surface area contributed by atoms with E-state index in [1.807, 2.05) is 12.1 Å². The summed E-state index contributed by atoms with van der Waals surface area (Å²) in [6, 6.07) is 3.81. The fourth-order valence-electron chi connectivity index (χ4n) is 2.30. The maximum atomic E-state index is 12.2. The predicted molar refractivity (Wildman–Crippen MR) is 94.6 cm³/mol. The van der Waals surface area contributed by atoms with Gasteiger partial charge in [0.1, 0.15) is 10.7 Å². The molecule has 1 aromatic carbocycles. The number of aromatic nitrogens is 1. The van der Waals surface area contributed by atoms with Crippen LogP contribution in [0.3, 0.4) is 0 Å². The van der Waals surface area contributed by atoms with Gasteiger partial charge in [0.2, 0.25) is 0 Å². The van der Waals surface area contributed by atoms with Gasteiger partial charge in [-0.1, -0.05) is 6.08 Å². The zero-order valence-corrected chi connectivity index (χ0v) is 14.6. The number of amides is 1. The van der Waals surface area contributed by atoms with E-state index in [0.717, 1.165) is 16.1 Å². The van der Waals surface area contributed by atoms with Crippen molar-refractivity contribution in [2.45, 2.75) is 19.5 Å². The number of hydrogen-bond acceptors (Lipinski definition) is 6. The Morgan fingerprint density at radius 2 is 2.21 bits per heavy atom. The Hall–Kier alpha value is -2.38. The summed E-state index contributed by atoms with van der Waals surface area (Å²) < 4.78 is 10.8. The molecule has 7 heteroatoms. The van der Waals surface area contributed by atoms with Crippen molar-refractivity contribution in [3.63, 3.8) is 0 Å². The molecule has 0 atom stereocenters. The number of methoxy groups -OCH3 is 2. The van der Waals surface area contributed by atoms with Crippen LogP contribution in [0, 0.1) is 0 Å². The van der Waals surface area contributed by atoms with Crippen LogP contribution in [-0.4, -0.2) is 25.1 Å². The Labute approximate surface area is 145 Å². The largest absolute Gasteiger partial charge is 0.493 e. The topological polar surface area (TPSA) is 86.5 Å². The second-order valence-electron chi connectivity index (χ2n) is 5.00. The highest BCUT2D eigenvalue weighted by Gasteiger charge is 2.14. The molecule has 0 radical (unpaired) electrons. The Bertz CT molecular complexity index is 728. The molecule has 0 saturated heterocycles. The summed E-state index contributed by atoms with van der Waals surface area (Å²) in [5.74, 6) is 1.07. The van der Waals surface area contributed by atoms with Crippen LogP contribution in [0.4, 0.5) is 0 Å². The highest BCUT2D eigenvalue weighted by Crippen LogP contribution is 2.33. The normalized spacial score (nSPS) is 10.3. The fraction of sp³-hybridized carbons (Fsp3) is 0.294. The van der Waals surface area contributed by atoms with E-state index in [-0.39, 0.29) is 5.91 Å². The Balaban J connectivity index is 2.15. The summed E-state index contributed by atoms with van der Waals surface area (Å²) in [7, 11) is 3.19. The van der Waals surface area contributed by atoms with Crippen molar-refractivity contribution in [3.05, 3.63) is 52.0 Å². The van der Waals surface area contributed by atoms with E-state index in [0.29, 0.717) is 36.7 Å². The standard InChI is InChI=1S/C17H21N3O3S/c1-4-5-12-6-11(7-14(22-2)16(12)23-3)9-19-17(21)13-10-24-15(8-18)20-13/h4,6-7,10H,1,5,8-9,18H2,2-3H3,(H,19,21). The molecule has 1 heterocycles. The van der Waals surface area contributed by atoms with Crippen molar-refractivity contribution < 1.29 is 14.3 Å². The molecule has 6 nitrogen and oxygen atoms in total. The molecule has 24 heavy (non-hydrogen) atoms. The molecule has 0 bridgehead atoms. The number of carbonyl (C=O) groups is 1. The molecule has 2 aromatic rings. The highest BCUT2D eigenvalue weighted by atomic mass is 32.1. The van der Waals surface area contributed by atoms with E-state index in [9.17, 15) is 4.79 Å². The van der Waals surface area contributed by atoms with Gasteiger partial charge in [-0.05, 0) is 24.1 Å². The van der Waals surface area contributed by atoms with E-state index in [4.69, 9.17) is 15.2 Å². The smallest absolute Gasteiger partial charge is 0.271 e. The zero-order valence-electron chi connectivity index (χ0n) is 13.8. The van der Waals surface area contributed by atoms with Gasteiger partial charge in [0, 0.05) is 24.0 Å². The molecule has 2 rings (SSSR count). The van der Waals surface area contributed by atoms with Gasteiger partial charge in [-0.2, -0.15) is 0 Å². The Kier molecular flexibility index (Phi) is 6.34. The minimum absolute atomic E-state index is 0.231. The van der Waals surface area contributed by atoms with Gasteiger partial charge in [0.15, 0.2) is 11.5 Å². The zero-order chi connectivity index (χ0) is 17.5. The third-order valence-electron chi connectivity index (χ3n) is 3.39. The summed E-state index contributed by atoms with van der Waals surface area (Å²) in [5, 5.41) is 5.29. The molecule has 1 aromatic heterocycles. The number of ether oxygens (including phenoxy) is 2. The lowest BCUT2D eigenvalue weighted by Crippen LogP contribution is -2.23. The van der Waals surface area contributed by atoms with Crippen molar-refractivity contribution >= 4 is 17.2 Å². The number of benzene rings is 1. The van der Waals surface area contributed by atoms with E-state index in [1.165, 1.54) is 11.3 Å². The van der Waals surface area contributed by atoms with E-state index < -0.39 is 0 Å². The molecule has 0 fully saturated rings. The molecule has 0 unspecified atom stereocenters. The number of rotatable bonds is 8. The number of thiazole rings is 1. The number of nitrogens with one attached hydrogen (secondary N) is 1. The van der Waals surface area contributed by atoms with E-state index in [2.05, 4.69) is 16.9 Å². The van der Waals surface area contributed by atoms with Gasteiger partial charge >= 0.3 is 0 Å². The van der Waals surface area contributed by atoms with Crippen LogP contribution in [-0.2, 0) is 19.5 Å². The predicted octanol–water partition coefficient (Wildman–Crippen LogP) is 2.28. The van der Waals surface area contributed by atoms with Crippen molar-refractivity contribution in [2.75, 3.05) is 14.2 Å². The number of nitrogens with two attached hydrogens (primary N) is 1. The number of hydrogen-bond donors (Lipinski definition) is 2. The molecular weight excluding hydrogens is 326 g/mol. The molecule has 0 saturated carbocycles. The molecule has 0 spiro atoms. The third-order valence-corrected chi connectivity index (χ3v) is 4.26. The lowest BCUT2D eigenvalue weighted by Gasteiger charge is -2.14. The minimum atomic E-state index is -0.231. The average Bonchev–Trinajstić information content (AvgIpc) is 3.08. The van der Waals surface area contributed by atoms with Gasteiger partial charge in [-0.25, -0.2) is 4.98 Å². The second-order valence-corrected chi connectivity index (χ2v) is 5.94. The van der Waals surface area contributed by atoms with Gasteiger partial charge in [-0.3, -0.25) is 4.79 Å². The van der Waals surface area contributed by atoms with Crippen LogP contribution in [0.2, 0.25) is 0 Å². The van der Waals surface area contributed by atoms with Crippen LogP contribution in [0.15, 0.2) is 30.2 Å². The first-order valence-corrected chi connectivity index (χ1v) is 8.28. The summed E-state index contributed by atoms with van der Waals surface area (Å²) >= 11 is 1.38.